The Labute approximate surface area is 351 Å². The number of nitrogens with zero attached hydrogens (tertiary/aromatic N) is 2. The first kappa shape index (κ1) is 36.4. The van der Waals surface area contributed by atoms with Gasteiger partial charge in [0.2, 0.25) is 0 Å². The lowest BCUT2D eigenvalue weighted by molar-refractivity contribution is 1.32. The molecule has 0 aliphatic heterocycles. The SMILES string of the molecule is c1ccc(-c2cc(-c3ccc(-c4cc(-c5ccccc5)nc(-c5ccccc5)c4)cc3)cc(-c3ccc(-c4cc(-c5ccccc5)nc(-c5ccccc5)c4)cc3)c2)cc1. The molecule has 0 aliphatic rings. The summed E-state index contributed by atoms with van der Waals surface area (Å²) in [6.45, 7) is 0. The second-order valence-electron chi connectivity index (χ2n) is 15.0. The summed E-state index contributed by atoms with van der Waals surface area (Å²) in [6, 6.07) is 86.0. The van der Waals surface area contributed by atoms with Gasteiger partial charge in [-0.25, -0.2) is 9.97 Å². The van der Waals surface area contributed by atoms with Crippen LogP contribution in [0.4, 0.5) is 0 Å². The van der Waals surface area contributed by atoms with E-state index in [1.807, 2.05) is 24.3 Å². The molecule has 2 aromatic heterocycles. The second-order valence-corrected chi connectivity index (χ2v) is 15.0. The lowest BCUT2D eigenvalue weighted by atomic mass is 9.91. The molecule has 0 bridgehead atoms. The van der Waals surface area contributed by atoms with Gasteiger partial charge in [-0.3, -0.25) is 0 Å². The van der Waals surface area contributed by atoms with Crippen LogP contribution in [0.5, 0.6) is 0 Å². The van der Waals surface area contributed by atoms with Crippen molar-refractivity contribution in [3.8, 4) is 101 Å². The van der Waals surface area contributed by atoms with E-state index in [1.54, 1.807) is 0 Å². The lowest BCUT2D eigenvalue weighted by Gasteiger charge is -2.14. The quantitative estimate of drug-likeness (QED) is 0.146. The highest BCUT2D eigenvalue weighted by molar-refractivity contribution is 5.84. The van der Waals surface area contributed by atoms with Gasteiger partial charge in [0.15, 0.2) is 0 Å². The monoisotopic (exact) mass is 764 g/mol. The van der Waals surface area contributed by atoms with Crippen LogP contribution in [-0.4, -0.2) is 9.97 Å². The number of pyridine rings is 2. The lowest BCUT2D eigenvalue weighted by Crippen LogP contribution is -1.91. The van der Waals surface area contributed by atoms with Crippen LogP contribution in [-0.2, 0) is 0 Å². The molecule has 10 rings (SSSR count). The topological polar surface area (TPSA) is 25.8 Å². The van der Waals surface area contributed by atoms with Crippen LogP contribution in [0.25, 0.3) is 101 Å². The van der Waals surface area contributed by atoms with E-state index in [1.165, 1.54) is 22.3 Å². The minimum atomic E-state index is 0.958. The summed E-state index contributed by atoms with van der Waals surface area (Å²) in [6.07, 6.45) is 0. The van der Waals surface area contributed by atoms with E-state index in [2.05, 4.69) is 218 Å². The van der Waals surface area contributed by atoms with E-state index in [4.69, 9.17) is 9.97 Å². The Balaban J connectivity index is 1.01. The van der Waals surface area contributed by atoms with E-state index in [0.717, 1.165) is 78.4 Å². The van der Waals surface area contributed by atoms with Gasteiger partial charge < -0.3 is 0 Å². The van der Waals surface area contributed by atoms with Gasteiger partial charge in [0.05, 0.1) is 22.8 Å². The van der Waals surface area contributed by atoms with E-state index in [0.29, 0.717) is 0 Å². The van der Waals surface area contributed by atoms with E-state index in [-0.39, 0.29) is 0 Å². The standard InChI is InChI=1S/C58H40N2/c1-6-16-41(17-7-1)50-34-51(42-26-30-44(31-27-42)53-37-55(46-18-8-2-9-19-46)59-56(38-53)47-20-10-3-11-21-47)36-52(35-50)43-28-32-45(33-29-43)54-39-57(48-22-12-4-13-23-48)60-58(40-54)49-24-14-5-15-25-49/h1-40H. The fourth-order valence-corrected chi connectivity index (χ4v) is 7.89. The fourth-order valence-electron chi connectivity index (χ4n) is 7.89. The average Bonchev–Trinajstić information content (AvgIpc) is 3.35. The Bertz CT molecular complexity index is 2710. The zero-order valence-corrected chi connectivity index (χ0v) is 33.0. The van der Waals surface area contributed by atoms with Gasteiger partial charge in [-0.05, 0) is 98.1 Å². The summed E-state index contributed by atoms with van der Waals surface area (Å²) < 4.78 is 0. The Kier molecular flexibility index (Phi) is 10.0. The molecule has 0 N–H and O–H groups in total. The number of benzene rings is 8. The predicted molar refractivity (Wildman–Crippen MR) is 251 cm³/mol. The Hall–Kier alpha value is -7.94. The molecule has 0 spiro atoms. The predicted octanol–water partition coefficient (Wildman–Crippen LogP) is 15.5. The highest BCUT2D eigenvalue weighted by atomic mass is 14.7. The second kappa shape index (κ2) is 16.5. The van der Waals surface area contributed by atoms with Crippen molar-refractivity contribution in [2.24, 2.45) is 0 Å². The molecule has 10 aromatic rings. The fraction of sp³-hybridized carbons (Fsp3) is 0. The summed E-state index contributed by atoms with van der Waals surface area (Å²) in [5.41, 5.74) is 19.8. The van der Waals surface area contributed by atoms with Crippen molar-refractivity contribution in [1.82, 2.24) is 9.97 Å². The largest absolute Gasteiger partial charge is 0.248 e. The van der Waals surface area contributed by atoms with Crippen LogP contribution < -0.4 is 0 Å². The first-order chi connectivity index (χ1) is 29.7. The van der Waals surface area contributed by atoms with Gasteiger partial charge in [-0.2, -0.15) is 0 Å². The number of aromatic nitrogens is 2. The normalized spacial score (nSPS) is 11.0. The van der Waals surface area contributed by atoms with Crippen molar-refractivity contribution in [3.05, 3.63) is 243 Å². The molecular formula is C58H40N2. The minimum Gasteiger partial charge on any atom is -0.248 e. The van der Waals surface area contributed by atoms with Crippen molar-refractivity contribution in [2.75, 3.05) is 0 Å². The molecule has 0 fully saturated rings. The third-order valence-corrected chi connectivity index (χ3v) is 11.1. The maximum Gasteiger partial charge on any atom is 0.0715 e. The average molecular weight is 765 g/mol. The Morgan fingerprint density at radius 3 is 0.567 bits per heavy atom. The van der Waals surface area contributed by atoms with Gasteiger partial charge in [-0.1, -0.05) is 200 Å². The third-order valence-electron chi connectivity index (χ3n) is 11.1. The van der Waals surface area contributed by atoms with E-state index in [9.17, 15) is 0 Å². The van der Waals surface area contributed by atoms with Gasteiger partial charge in [0.25, 0.3) is 0 Å². The van der Waals surface area contributed by atoms with Crippen LogP contribution in [0.15, 0.2) is 243 Å². The maximum absolute atomic E-state index is 5.09. The van der Waals surface area contributed by atoms with Crippen LogP contribution >= 0.6 is 0 Å². The molecular weight excluding hydrogens is 725 g/mol. The van der Waals surface area contributed by atoms with Crippen molar-refractivity contribution in [1.29, 1.82) is 0 Å². The smallest absolute Gasteiger partial charge is 0.0715 e. The number of hydrogen-bond donors (Lipinski definition) is 0. The summed E-state index contributed by atoms with van der Waals surface area (Å²) in [7, 11) is 0. The number of rotatable bonds is 9. The molecule has 0 unspecified atom stereocenters. The number of hydrogen-bond acceptors (Lipinski definition) is 2. The highest BCUT2D eigenvalue weighted by Gasteiger charge is 2.13. The first-order valence-electron chi connectivity index (χ1n) is 20.4. The summed E-state index contributed by atoms with van der Waals surface area (Å²) in [4.78, 5) is 10.2. The molecule has 0 radical (unpaired) electrons. The van der Waals surface area contributed by atoms with Gasteiger partial charge in [0.1, 0.15) is 0 Å². The van der Waals surface area contributed by atoms with Crippen molar-refractivity contribution in [2.45, 2.75) is 0 Å². The van der Waals surface area contributed by atoms with Gasteiger partial charge >= 0.3 is 0 Å². The molecule has 8 aromatic carbocycles. The summed E-state index contributed by atoms with van der Waals surface area (Å²) >= 11 is 0. The zero-order valence-electron chi connectivity index (χ0n) is 33.0. The van der Waals surface area contributed by atoms with Crippen LogP contribution in [0.3, 0.4) is 0 Å². The Morgan fingerprint density at radius 2 is 0.333 bits per heavy atom. The molecule has 0 aliphatic carbocycles. The molecule has 2 heteroatoms. The highest BCUT2D eigenvalue weighted by Crippen LogP contribution is 2.37. The molecule has 0 saturated carbocycles. The van der Waals surface area contributed by atoms with Crippen molar-refractivity contribution < 1.29 is 0 Å². The minimum absolute atomic E-state index is 0.958. The Morgan fingerprint density at radius 1 is 0.150 bits per heavy atom. The van der Waals surface area contributed by atoms with Gasteiger partial charge in [-0.15, -0.1) is 0 Å². The molecule has 60 heavy (non-hydrogen) atoms. The molecule has 0 atom stereocenters. The molecule has 0 saturated heterocycles. The first-order valence-corrected chi connectivity index (χ1v) is 20.4. The van der Waals surface area contributed by atoms with Crippen molar-refractivity contribution >= 4 is 0 Å². The molecule has 0 amide bonds. The summed E-state index contributed by atoms with van der Waals surface area (Å²) in [5.74, 6) is 0. The summed E-state index contributed by atoms with van der Waals surface area (Å²) in [5, 5.41) is 0. The third kappa shape index (κ3) is 7.83. The zero-order chi connectivity index (χ0) is 40.1. The van der Waals surface area contributed by atoms with Crippen LogP contribution in [0.1, 0.15) is 0 Å². The maximum atomic E-state index is 5.09. The van der Waals surface area contributed by atoms with E-state index >= 15 is 0 Å². The van der Waals surface area contributed by atoms with E-state index < -0.39 is 0 Å². The molecule has 2 nitrogen and oxygen atoms in total. The molecule has 2 heterocycles. The van der Waals surface area contributed by atoms with Gasteiger partial charge in [0, 0.05) is 22.3 Å². The van der Waals surface area contributed by atoms with Crippen molar-refractivity contribution in [3.63, 3.8) is 0 Å². The molecule has 282 valence electrons. The van der Waals surface area contributed by atoms with Crippen LogP contribution in [0, 0.1) is 0 Å². The van der Waals surface area contributed by atoms with Crippen LogP contribution in [0.2, 0.25) is 0 Å².